The van der Waals surface area contributed by atoms with Gasteiger partial charge in [0.1, 0.15) is 6.04 Å². The Hall–Kier alpha value is -1.10. The fourth-order valence-corrected chi connectivity index (χ4v) is 3.22. The molecular formula is C14H25N3O2. The van der Waals surface area contributed by atoms with Crippen molar-refractivity contribution < 1.29 is 9.59 Å². The number of likely N-dealkylation sites (tertiary alicyclic amines) is 1. The minimum absolute atomic E-state index is 0.0336. The van der Waals surface area contributed by atoms with E-state index in [0.29, 0.717) is 12.5 Å². The Balaban J connectivity index is 2.00. The third kappa shape index (κ3) is 3.08. The lowest BCUT2D eigenvalue weighted by atomic mass is 9.90. The number of hydrogen-bond donors (Lipinski definition) is 2. The molecule has 2 aliphatic rings. The molecule has 3 atom stereocenters. The SMILES string of the molecule is CCC1CCNC(C(=O)N2CCCC2C(=O)NC)C1. The average molecular weight is 267 g/mol. The molecule has 0 radical (unpaired) electrons. The second kappa shape index (κ2) is 6.37. The molecule has 19 heavy (non-hydrogen) atoms. The van der Waals surface area contributed by atoms with Crippen molar-refractivity contribution in [1.29, 1.82) is 0 Å². The summed E-state index contributed by atoms with van der Waals surface area (Å²) in [6, 6.07) is -0.356. The fraction of sp³-hybridized carbons (Fsp3) is 0.857. The zero-order chi connectivity index (χ0) is 13.8. The Labute approximate surface area is 115 Å². The maximum Gasteiger partial charge on any atom is 0.242 e. The van der Waals surface area contributed by atoms with Crippen LogP contribution in [-0.4, -0.2) is 48.9 Å². The van der Waals surface area contributed by atoms with Gasteiger partial charge in [0.15, 0.2) is 0 Å². The van der Waals surface area contributed by atoms with Gasteiger partial charge in [-0.3, -0.25) is 9.59 Å². The summed E-state index contributed by atoms with van der Waals surface area (Å²) in [5.41, 5.74) is 0. The van der Waals surface area contributed by atoms with Crippen LogP contribution in [0.2, 0.25) is 0 Å². The molecule has 108 valence electrons. The normalized spacial score (nSPS) is 31.3. The molecule has 2 rings (SSSR count). The largest absolute Gasteiger partial charge is 0.357 e. The summed E-state index contributed by atoms with van der Waals surface area (Å²) < 4.78 is 0. The Bertz CT molecular complexity index is 346. The van der Waals surface area contributed by atoms with E-state index in [1.165, 1.54) is 0 Å². The molecule has 0 aromatic rings. The molecule has 2 saturated heterocycles. The van der Waals surface area contributed by atoms with Crippen LogP contribution in [0.15, 0.2) is 0 Å². The molecule has 0 spiro atoms. The van der Waals surface area contributed by atoms with Gasteiger partial charge in [0.05, 0.1) is 6.04 Å². The Kier molecular flexibility index (Phi) is 4.80. The van der Waals surface area contributed by atoms with E-state index < -0.39 is 0 Å². The summed E-state index contributed by atoms with van der Waals surface area (Å²) in [6.45, 7) is 3.81. The predicted octanol–water partition coefficient (Wildman–Crippen LogP) is 0.502. The summed E-state index contributed by atoms with van der Waals surface area (Å²) in [6.07, 6.45) is 4.90. The molecule has 0 aliphatic carbocycles. The van der Waals surface area contributed by atoms with Gasteiger partial charge in [0.2, 0.25) is 11.8 Å². The van der Waals surface area contributed by atoms with Gasteiger partial charge in [-0.1, -0.05) is 13.3 Å². The smallest absolute Gasteiger partial charge is 0.242 e. The topological polar surface area (TPSA) is 61.4 Å². The summed E-state index contributed by atoms with van der Waals surface area (Å²) in [4.78, 5) is 26.2. The minimum Gasteiger partial charge on any atom is -0.357 e. The number of carbonyl (C=O) groups is 2. The van der Waals surface area contributed by atoms with Crippen molar-refractivity contribution in [3.8, 4) is 0 Å². The van der Waals surface area contributed by atoms with Crippen molar-refractivity contribution in [2.45, 2.75) is 51.1 Å². The third-order valence-electron chi connectivity index (χ3n) is 4.47. The highest BCUT2D eigenvalue weighted by atomic mass is 16.2. The standard InChI is InChI=1S/C14H25N3O2/c1-3-10-6-7-16-11(9-10)14(19)17-8-4-5-12(17)13(18)15-2/h10-12,16H,3-9H2,1-2H3,(H,15,18). The van der Waals surface area contributed by atoms with Crippen LogP contribution in [0.25, 0.3) is 0 Å². The van der Waals surface area contributed by atoms with Gasteiger partial charge in [-0.05, 0) is 38.1 Å². The zero-order valence-corrected chi connectivity index (χ0v) is 11.9. The number of nitrogens with zero attached hydrogens (tertiary/aromatic N) is 1. The van der Waals surface area contributed by atoms with Crippen molar-refractivity contribution in [1.82, 2.24) is 15.5 Å². The van der Waals surface area contributed by atoms with Gasteiger partial charge in [0, 0.05) is 13.6 Å². The van der Waals surface area contributed by atoms with Crippen LogP contribution in [0.4, 0.5) is 0 Å². The van der Waals surface area contributed by atoms with Crippen molar-refractivity contribution in [2.75, 3.05) is 20.1 Å². The molecule has 2 N–H and O–H groups in total. The number of likely N-dealkylation sites (N-methyl/N-ethyl adjacent to an activating group) is 1. The van der Waals surface area contributed by atoms with Crippen molar-refractivity contribution in [2.24, 2.45) is 5.92 Å². The Morgan fingerprint density at radius 2 is 2.16 bits per heavy atom. The number of rotatable bonds is 3. The van der Waals surface area contributed by atoms with E-state index in [2.05, 4.69) is 17.6 Å². The highest BCUT2D eigenvalue weighted by Gasteiger charge is 2.37. The summed E-state index contributed by atoms with van der Waals surface area (Å²) >= 11 is 0. The highest BCUT2D eigenvalue weighted by Crippen LogP contribution is 2.24. The molecule has 2 aliphatic heterocycles. The van der Waals surface area contributed by atoms with Gasteiger partial charge in [0.25, 0.3) is 0 Å². The summed E-state index contributed by atoms with van der Waals surface area (Å²) in [5.74, 6) is 0.717. The quantitative estimate of drug-likeness (QED) is 0.783. The molecule has 0 saturated carbocycles. The molecule has 5 nitrogen and oxygen atoms in total. The summed E-state index contributed by atoms with van der Waals surface area (Å²) in [5, 5.41) is 5.98. The molecule has 0 bridgehead atoms. The van der Waals surface area contributed by atoms with Gasteiger partial charge in [-0.2, -0.15) is 0 Å². The van der Waals surface area contributed by atoms with E-state index in [-0.39, 0.29) is 23.9 Å². The van der Waals surface area contributed by atoms with E-state index >= 15 is 0 Å². The van der Waals surface area contributed by atoms with Crippen molar-refractivity contribution in [3.05, 3.63) is 0 Å². The minimum atomic E-state index is -0.263. The van der Waals surface area contributed by atoms with Crippen molar-refractivity contribution >= 4 is 11.8 Å². The lowest BCUT2D eigenvalue weighted by Crippen LogP contribution is -2.54. The maximum absolute atomic E-state index is 12.6. The molecule has 0 aromatic carbocycles. The molecule has 2 fully saturated rings. The average Bonchev–Trinajstić information content (AvgIpc) is 2.95. The van der Waals surface area contributed by atoms with Gasteiger partial charge < -0.3 is 15.5 Å². The van der Waals surface area contributed by atoms with E-state index in [1.807, 2.05) is 0 Å². The van der Waals surface area contributed by atoms with Crippen LogP contribution in [0.3, 0.4) is 0 Å². The lowest BCUT2D eigenvalue weighted by molar-refractivity contribution is -0.140. The van der Waals surface area contributed by atoms with Crippen LogP contribution >= 0.6 is 0 Å². The van der Waals surface area contributed by atoms with Crippen LogP contribution in [0, 0.1) is 5.92 Å². The first-order valence-electron chi connectivity index (χ1n) is 7.42. The van der Waals surface area contributed by atoms with Crippen molar-refractivity contribution in [3.63, 3.8) is 0 Å². The van der Waals surface area contributed by atoms with Crippen LogP contribution < -0.4 is 10.6 Å². The molecular weight excluding hydrogens is 242 g/mol. The van der Waals surface area contributed by atoms with E-state index in [9.17, 15) is 9.59 Å². The van der Waals surface area contributed by atoms with E-state index in [1.54, 1.807) is 11.9 Å². The first-order valence-corrected chi connectivity index (χ1v) is 7.42. The lowest BCUT2D eigenvalue weighted by Gasteiger charge is -2.33. The summed E-state index contributed by atoms with van der Waals surface area (Å²) in [7, 11) is 1.63. The Morgan fingerprint density at radius 3 is 2.84 bits per heavy atom. The molecule has 2 heterocycles. The number of nitrogens with one attached hydrogen (secondary N) is 2. The second-order valence-electron chi connectivity index (χ2n) is 5.61. The van der Waals surface area contributed by atoms with E-state index in [0.717, 1.165) is 38.6 Å². The van der Waals surface area contributed by atoms with Gasteiger partial charge >= 0.3 is 0 Å². The Morgan fingerprint density at radius 1 is 1.37 bits per heavy atom. The number of carbonyl (C=O) groups excluding carboxylic acids is 2. The molecule has 5 heteroatoms. The fourth-order valence-electron chi connectivity index (χ4n) is 3.22. The monoisotopic (exact) mass is 267 g/mol. The van der Waals surface area contributed by atoms with Crippen LogP contribution in [0.1, 0.15) is 39.0 Å². The molecule has 3 unspecified atom stereocenters. The third-order valence-corrected chi connectivity index (χ3v) is 4.47. The first-order chi connectivity index (χ1) is 9.17. The first kappa shape index (κ1) is 14.3. The second-order valence-corrected chi connectivity index (χ2v) is 5.61. The number of piperidine rings is 1. The van der Waals surface area contributed by atoms with Gasteiger partial charge in [-0.15, -0.1) is 0 Å². The van der Waals surface area contributed by atoms with Crippen LogP contribution in [0.5, 0.6) is 0 Å². The number of hydrogen-bond acceptors (Lipinski definition) is 3. The van der Waals surface area contributed by atoms with Gasteiger partial charge in [-0.25, -0.2) is 0 Å². The van der Waals surface area contributed by atoms with E-state index in [4.69, 9.17) is 0 Å². The number of amides is 2. The predicted molar refractivity (Wildman–Crippen MR) is 73.6 cm³/mol. The zero-order valence-electron chi connectivity index (χ0n) is 11.9. The molecule has 0 aromatic heterocycles. The van der Waals surface area contributed by atoms with Crippen LogP contribution in [-0.2, 0) is 9.59 Å². The maximum atomic E-state index is 12.6. The highest BCUT2D eigenvalue weighted by molar-refractivity contribution is 5.90. The molecule has 2 amide bonds.